The van der Waals surface area contributed by atoms with Crippen LogP contribution in [0.15, 0.2) is 48.5 Å². The van der Waals surface area contributed by atoms with Crippen molar-refractivity contribution in [1.82, 2.24) is 5.32 Å². The number of hydrogen-bond acceptors (Lipinski definition) is 4. The minimum absolute atomic E-state index is 0.258. The summed E-state index contributed by atoms with van der Waals surface area (Å²) in [6, 6.07) is 13.3. The maximum absolute atomic E-state index is 12.8. The summed E-state index contributed by atoms with van der Waals surface area (Å²) in [5.41, 5.74) is 1.93. The largest absolute Gasteiger partial charge is 0.482 e. The summed E-state index contributed by atoms with van der Waals surface area (Å²) in [6.45, 7) is 1.68. The zero-order chi connectivity index (χ0) is 18.1. The molecular formula is C19H20FNO4. The Hall–Kier alpha value is -2.89. The van der Waals surface area contributed by atoms with Crippen LogP contribution in [0.2, 0.25) is 0 Å². The highest BCUT2D eigenvalue weighted by Gasteiger charge is 2.08. The Kier molecular flexibility index (Phi) is 6.95. The van der Waals surface area contributed by atoms with Crippen molar-refractivity contribution < 1.29 is 23.5 Å². The predicted molar refractivity (Wildman–Crippen MR) is 90.7 cm³/mol. The molecule has 0 spiro atoms. The van der Waals surface area contributed by atoms with E-state index in [1.54, 1.807) is 24.3 Å². The van der Waals surface area contributed by atoms with Crippen molar-refractivity contribution in [3.05, 3.63) is 65.5 Å². The highest BCUT2D eigenvalue weighted by molar-refractivity contribution is 5.80. The Morgan fingerprint density at radius 3 is 2.56 bits per heavy atom. The summed E-state index contributed by atoms with van der Waals surface area (Å²) in [4.78, 5) is 23.2. The molecule has 0 bridgehead atoms. The lowest BCUT2D eigenvalue weighted by molar-refractivity contribution is -0.150. The number of aryl methyl sites for hydroxylation is 1. The molecule has 2 rings (SSSR count). The number of esters is 1. The van der Waals surface area contributed by atoms with E-state index < -0.39 is 11.9 Å². The average Bonchev–Trinajstić information content (AvgIpc) is 2.60. The molecule has 0 saturated heterocycles. The molecule has 2 aromatic rings. The number of benzene rings is 2. The number of amides is 1. The fourth-order valence-corrected chi connectivity index (χ4v) is 2.08. The maximum atomic E-state index is 12.8. The van der Waals surface area contributed by atoms with Gasteiger partial charge in [0.05, 0.1) is 0 Å². The van der Waals surface area contributed by atoms with Crippen molar-refractivity contribution in [3.8, 4) is 5.75 Å². The van der Waals surface area contributed by atoms with Crippen molar-refractivity contribution >= 4 is 11.9 Å². The molecule has 132 valence electrons. The molecule has 0 saturated carbocycles. The van der Waals surface area contributed by atoms with Gasteiger partial charge in [0, 0.05) is 6.54 Å². The second-order valence-electron chi connectivity index (χ2n) is 5.49. The van der Waals surface area contributed by atoms with Crippen molar-refractivity contribution in [3.63, 3.8) is 0 Å². The van der Waals surface area contributed by atoms with Gasteiger partial charge < -0.3 is 14.8 Å². The van der Waals surface area contributed by atoms with Crippen LogP contribution in [-0.4, -0.2) is 31.6 Å². The van der Waals surface area contributed by atoms with Crippen LogP contribution < -0.4 is 10.1 Å². The standard InChI is InChI=1S/C19H20FNO4/c1-14-3-2-4-17(11-14)24-13-19(23)25-12-18(22)21-10-9-15-5-7-16(20)8-6-15/h2-8,11H,9-10,12-13H2,1H3,(H,21,22). The Balaban J connectivity index is 1.60. The molecule has 0 aliphatic heterocycles. The van der Waals surface area contributed by atoms with Crippen LogP contribution in [0.4, 0.5) is 4.39 Å². The molecule has 0 aliphatic rings. The van der Waals surface area contributed by atoms with Gasteiger partial charge >= 0.3 is 5.97 Å². The molecule has 25 heavy (non-hydrogen) atoms. The summed E-state index contributed by atoms with van der Waals surface area (Å²) < 4.78 is 22.9. The van der Waals surface area contributed by atoms with Crippen molar-refractivity contribution in [2.45, 2.75) is 13.3 Å². The number of hydrogen-bond donors (Lipinski definition) is 1. The van der Waals surface area contributed by atoms with Crippen LogP contribution in [0.25, 0.3) is 0 Å². The molecule has 1 amide bonds. The second kappa shape index (κ2) is 9.42. The van der Waals surface area contributed by atoms with Gasteiger partial charge in [0.15, 0.2) is 13.2 Å². The summed E-state index contributed by atoms with van der Waals surface area (Å²) in [5, 5.41) is 2.63. The first-order valence-corrected chi connectivity index (χ1v) is 7.89. The molecule has 1 N–H and O–H groups in total. The topological polar surface area (TPSA) is 64.6 Å². The van der Waals surface area contributed by atoms with Crippen LogP contribution in [0.1, 0.15) is 11.1 Å². The Morgan fingerprint density at radius 2 is 1.84 bits per heavy atom. The van der Waals surface area contributed by atoms with Crippen LogP contribution >= 0.6 is 0 Å². The lowest BCUT2D eigenvalue weighted by Crippen LogP contribution is -2.31. The number of nitrogens with one attached hydrogen (secondary N) is 1. The van der Waals surface area contributed by atoms with Gasteiger partial charge in [0.2, 0.25) is 0 Å². The van der Waals surface area contributed by atoms with E-state index in [9.17, 15) is 14.0 Å². The third-order valence-corrected chi connectivity index (χ3v) is 3.36. The number of rotatable bonds is 8. The quantitative estimate of drug-likeness (QED) is 0.746. The van der Waals surface area contributed by atoms with E-state index in [4.69, 9.17) is 9.47 Å². The Morgan fingerprint density at radius 1 is 1.08 bits per heavy atom. The third-order valence-electron chi connectivity index (χ3n) is 3.36. The van der Waals surface area contributed by atoms with E-state index in [1.165, 1.54) is 12.1 Å². The number of carbonyl (C=O) groups excluding carboxylic acids is 2. The van der Waals surface area contributed by atoms with Crippen LogP contribution in [-0.2, 0) is 20.7 Å². The Bertz CT molecular complexity index is 716. The van der Waals surface area contributed by atoms with Crippen molar-refractivity contribution in [2.24, 2.45) is 0 Å². The van der Waals surface area contributed by atoms with E-state index in [1.807, 2.05) is 19.1 Å². The van der Waals surface area contributed by atoms with Gasteiger partial charge in [-0.2, -0.15) is 0 Å². The summed E-state index contributed by atoms with van der Waals surface area (Å²) in [7, 11) is 0. The number of carbonyl (C=O) groups is 2. The molecule has 0 radical (unpaired) electrons. The first-order chi connectivity index (χ1) is 12.0. The van der Waals surface area contributed by atoms with Gasteiger partial charge in [-0.05, 0) is 48.7 Å². The molecule has 0 atom stereocenters. The van der Waals surface area contributed by atoms with E-state index in [2.05, 4.69) is 5.32 Å². The zero-order valence-electron chi connectivity index (χ0n) is 14.0. The van der Waals surface area contributed by atoms with Crippen molar-refractivity contribution in [1.29, 1.82) is 0 Å². The maximum Gasteiger partial charge on any atom is 0.344 e. The highest BCUT2D eigenvalue weighted by Crippen LogP contribution is 2.12. The van der Waals surface area contributed by atoms with E-state index in [-0.39, 0.29) is 19.0 Å². The molecule has 6 heteroatoms. The summed E-state index contributed by atoms with van der Waals surface area (Å²) in [6.07, 6.45) is 0.566. The van der Waals surface area contributed by atoms with Crippen LogP contribution in [0.3, 0.4) is 0 Å². The molecule has 0 aromatic heterocycles. The number of ether oxygens (including phenoxy) is 2. The first-order valence-electron chi connectivity index (χ1n) is 7.89. The van der Waals surface area contributed by atoms with E-state index in [0.717, 1.165) is 11.1 Å². The third kappa shape index (κ3) is 7.03. The summed E-state index contributed by atoms with van der Waals surface area (Å²) >= 11 is 0. The predicted octanol–water partition coefficient (Wildman–Crippen LogP) is 2.42. The molecule has 5 nitrogen and oxygen atoms in total. The van der Waals surface area contributed by atoms with Crippen LogP contribution in [0.5, 0.6) is 5.75 Å². The minimum Gasteiger partial charge on any atom is -0.482 e. The molecular weight excluding hydrogens is 325 g/mol. The molecule has 0 aliphatic carbocycles. The van der Waals surface area contributed by atoms with Gasteiger partial charge in [-0.1, -0.05) is 24.3 Å². The van der Waals surface area contributed by atoms with Gasteiger partial charge in [0.25, 0.3) is 5.91 Å². The van der Waals surface area contributed by atoms with Crippen molar-refractivity contribution in [2.75, 3.05) is 19.8 Å². The van der Waals surface area contributed by atoms with Gasteiger partial charge in [-0.15, -0.1) is 0 Å². The van der Waals surface area contributed by atoms with Crippen LogP contribution in [0, 0.1) is 12.7 Å². The minimum atomic E-state index is -0.616. The van der Waals surface area contributed by atoms with Gasteiger partial charge in [-0.25, -0.2) is 9.18 Å². The molecule has 2 aromatic carbocycles. The zero-order valence-corrected chi connectivity index (χ0v) is 14.0. The smallest absolute Gasteiger partial charge is 0.344 e. The lowest BCUT2D eigenvalue weighted by atomic mass is 10.1. The lowest BCUT2D eigenvalue weighted by Gasteiger charge is -2.08. The molecule has 0 fully saturated rings. The highest BCUT2D eigenvalue weighted by atomic mass is 19.1. The fourth-order valence-electron chi connectivity index (χ4n) is 2.08. The molecule has 0 unspecified atom stereocenters. The number of halogens is 1. The normalized spacial score (nSPS) is 10.2. The molecule has 0 heterocycles. The SMILES string of the molecule is Cc1cccc(OCC(=O)OCC(=O)NCCc2ccc(F)cc2)c1. The van der Waals surface area contributed by atoms with E-state index in [0.29, 0.717) is 18.7 Å². The monoisotopic (exact) mass is 345 g/mol. The van der Waals surface area contributed by atoms with E-state index >= 15 is 0 Å². The first kappa shape index (κ1) is 18.4. The second-order valence-corrected chi connectivity index (χ2v) is 5.49. The fraction of sp³-hybridized carbons (Fsp3) is 0.263. The average molecular weight is 345 g/mol. The summed E-state index contributed by atoms with van der Waals surface area (Å²) in [5.74, 6) is -0.741. The Labute approximate surface area is 145 Å². The van der Waals surface area contributed by atoms with Gasteiger partial charge in [-0.3, -0.25) is 4.79 Å². The van der Waals surface area contributed by atoms with Gasteiger partial charge in [0.1, 0.15) is 11.6 Å².